The van der Waals surface area contributed by atoms with E-state index in [1.807, 2.05) is 18.2 Å². The molecule has 0 unspecified atom stereocenters. The molecule has 0 saturated heterocycles. The topological polar surface area (TPSA) is 18.5 Å². The van der Waals surface area contributed by atoms with Crippen molar-refractivity contribution in [3.63, 3.8) is 0 Å². The number of hydrogen-bond acceptors (Lipinski definition) is 2. The van der Waals surface area contributed by atoms with Crippen LogP contribution in [0.15, 0.2) is 60.7 Å². The average molecular weight is 346 g/mol. The second kappa shape index (κ2) is 7.82. The third kappa shape index (κ3) is 4.01. The van der Waals surface area contributed by atoms with E-state index < -0.39 is 0 Å². The van der Waals surface area contributed by atoms with Gasteiger partial charge in [0.25, 0.3) is 0 Å². The van der Waals surface area contributed by atoms with E-state index in [2.05, 4.69) is 49.4 Å². The summed E-state index contributed by atoms with van der Waals surface area (Å²) in [6.45, 7) is 2.16. The highest BCUT2D eigenvalue weighted by molar-refractivity contribution is 5.85. The minimum Gasteiger partial charge on any atom is -0.490 e. The summed E-state index contributed by atoms with van der Waals surface area (Å²) in [4.78, 5) is 0. The van der Waals surface area contributed by atoms with Crippen molar-refractivity contribution in [3.05, 3.63) is 66.2 Å². The molecule has 1 aliphatic carbocycles. The van der Waals surface area contributed by atoms with Crippen LogP contribution < -0.4 is 9.47 Å². The highest BCUT2D eigenvalue weighted by Crippen LogP contribution is 2.30. The lowest BCUT2D eigenvalue weighted by Crippen LogP contribution is -2.19. The van der Waals surface area contributed by atoms with Crippen LogP contribution in [0.2, 0.25) is 0 Å². The summed E-state index contributed by atoms with van der Waals surface area (Å²) in [5, 5.41) is 2.36. The van der Waals surface area contributed by atoms with Crippen molar-refractivity contribution in [1.82, 2.24) is 0 Å². The number of fused-ring (bicyclic) bond motifs is 1. The summed E-state index contributed by atoms with van der Waals surface area (Å²) in [7, 11) is 0. The van der Waals surface area contributed by atoms with Crippen LogP contribution in [0, 0.1) is 0 Å². The molecule has 26 heavy (non-hydrogen) atoms. The molecule has 2 heteroatoms. The summed E-state index contributed by atoms with van der Waals surface area (Å²) in [5.74, 6) is 2.70. The zero-order valence-corrected chi connectivity index (χ0v) is 15.4. The van der Waals surface area contributed by atoms with Crippen LogP contribution in [0.3, 0.4) is 0 Å². The normalized spacial score (nSPS) is 15.1. The van der Waals surface area contributed by atoms with Gasteiger partial charge in [0.05, 0.1) is 6.10 Å². The Hall–Kier alpha value is -2.48. The Morgan fingerprint density at radius 1 is 0.731 bits per heavy atom. The zero-order chi connectivity index (χ0) is 17.8. The molecule has 0 spiro atoms. The predicted molar refractivity (Wildman–Crippen MR) is 107 cm³/mol. The Morgan fingerprint density at radius 3 is 2.12 bits per heavy atom. The number of hydrogen-bond donors (Lipinski definition) is 0. The molecule has 0 N–H and O–H groups in total. The van der Waals surface area contributed by atoms with E-state index in [1.165, 1.54) is 43.1 Å². The van der Waals surface area contributed by atoms with Gasteiger partial charge in [-0.2, -0.15) is 0 Å². The molecular formula is C24H26O2. The van der Waals surface area contributed by atoms with E-state index in [-0.39, 0.29) is 0 Å². The molecule has 0 radical (unpaired) electrons. The van der Waals surface area contributed by atoms with Crippen LogP contribution in [0.4, 0.5) is 0 Å². The first kappa shape index (κ1) is 17.0. The van der Waals surface area contributed by atoms with Gasteiger partial charge in [0.1, 0.15) is 17.2 Å². The van der Waals surface area contributed by atoms with Crippen molar-refractivity contribution >= 4 is 10.8 Å². The van der Waals surface area contributed by atoms with Crippen LogP contribution in [-0.4, -0.2) is 6.10 Å². The van der Waals surface area contributed by atoms with Crippen molar-refractivity contribution in [2.45, 2.75) is 51.6 Å². The zero-order valence-electron chi connectivity index (χ0n) is 15.4. The SMILES string of the molecule is CCc1ccc(Oc2ccc3ccc(OC4CCCCC4)cc3c2)cc1. The van der Waals surface area contributed by atoms with E-state index in [9.17, 15) is 0 Å². The fourth-order valence-electron chi connectivity index (χ4n) is 3.64. The second-order valence-electron chi connectivity index (χ2n) is 7.15. The first-order valence-electron chi connectivity index (χ1n) is 9.77. The summed E-state index contributed by atoms with van der Waals surface area (Å²) in [6.07, 6.45) is 7.68. The highest BCUT2D eigenvalue weighted by Gasteiger charge is 2.15. The fraction of sp³-hybridized carbons (Fsp3) is 0.333. The molecular weight excluding hydrogens is 320 g/mol. The van der Waals surface area contributed by atoms with Crippen molar-refractivity contribution in [3.8, 4) is 17.2 Å². The maximum atomic E-state index is 6.21. The van der Waals surface area contributed by atoms with Gasteiger partial charge in [0, 0.05) is 0 Å². The van der Waals surface area contributed by atoms with Gasteiger partial charge in [-0.3, -0.25) is 0 Å². The van der Waals surface area contributed by atoms with Crippen molar-refractivity contribution in [1.29, 1.82) is 0 Å². The molecule has 0 bridgehead atoms. The Kier molecular flexibility index (Phi) is 5.10. The van der Waals surface area contributed by atoms with Gasteiger partial charge >= 0.3 is 0 Å². The minimum atomic E-state index is 0.373. The van der Waals surface area contributed by atoms with Gasteiger partial charge in [-0.15, -0.1) is 0 Å². The molecule has 1 saturated carbocycles. The van der Waals surface area contributed by atoms with E-state index in [4.69, 9.17) is 9.47 Å². The third-order valence-electron chi connectivity index (χ3n) is 5.21. The van der Waals surface area contributed by atoms with Crippen molar-refractivity contribution in [2.75, 3.05) is 0 Å². The summed E-state index contributed by atoms with van der Waals surface area (Å²) in [6, 6.07) is 20.9. The van der Waals surface area contributed by atoms with Gasteiger partial charge in [0.2, 0.25) is 0 Å². The van der Waals surface area contributed by atoms with Gasteiger partial charge in [-0.25, -0.2) is 0 Å². The lowest BCUT2D eigenvalue weighted by atomic mass is 9.98. The number of aryl methyl sites for hydroxylation is 1. The molecule has 3 aromatic rings. The molecule has 0 amide bonds. The first-order valence-corrected chi connectivity index (χ1v) is 9.77. The van der Waals surface area contributed by atoms with Crippen LogP contribution in [0.25, 0.3) is 10.8 Å². The predicted octanol–water partition coefficient (Wildman–Crippen LogP) is 6.91. The van der Waals surface area contributed by atoms with Crippen LogP contribution in [-0.2, 0) is 6.42 Å². The highest BCUT2D eigenvalue weighted by atomic mass is 16.5. The molecule has 0 aliphatic heterocycles. The molecule has 3 aromatic carbocycles. The largest absolute Gasteiger partial charge is 0.490 e. The Labute approximate surface area is 155 Å². The minimum absolute atomic E-state index is 0.373. The Balaban J connectivity index is 1.52. The van der Waals surface area contributed by atoms with Crippen LogP contribution in [0.5, 0.6) is 17.2 Å². The summed E-state index contributed by atoms with van der Waals surface area (Å²) in [5.41, 5.74) is 1.32. The lowest BCUT2D eigenvalue weighted by molar-refractivity contribution is 0.155. The molecule has 0 heterocycles. The standard InChI is InChI=1S/C24H26O2/c1-2-18-8-12-22(13-9-18)26-24-15-11-19-10-14-23(16-20(19)17-24)25-21-6-4-3-5-7-21/h8-17,21H,2-7H2,1H3. The van der Waals surface area contributed by atoms with Crippen molar-refractivity contribution < 1.29 is 9.47 Å². The lowest BCUT2D eigenvalue weighted by Gasteiger charge is -2.23. The Bertz CT molecular complexity index is 861. The average Bonchev–Trinajstić information content (AvgIpc) is 2.69. The number of ether oxygens (including phenoxy) is 2. The van der Waals surface area contributed by atoms with Crippen molar-refractivity contribution in [2.24, 2.45) is 0 Å². The van der Waals surface area contributed by atoms with Crippen LogP contribution >= 0.6 is 0 Å². The van der Waals surface area contributed by atoms with E-state index in [1.54, 1.807) is 0 Å². The van der Waals surface area contributed by atoms with Crippen LogP contribution in [0.1, 0.15) is 44.6 Å². The number of rotatable bonds is 5. The molecule has 2 nitrogen and oxygen atoms in total. The van der Waals surface area contributed by atoms with Gasteiger partial charge in [-0.05, 0) is 84.8 Å². The molecule has 1 aliphatic rings. The smallest absolute Gasteiger partial charge is 0.128 e. The third-order valence-corrected chi connectivity index (χ3v) is 5.21. The Morgan fingerprint density at radius 2 is 1.38 bits per heavy atom. The van der Waals surface area contributed by atoms with Gasteiger partial charge < -0.3 is 9.47 Å². The summed E-state index contributed by atoms with van der Waals surface area (Å²) >= 11 is 0. The fourth-order valence-corrected chi connectivity index (χ4v) is 3.64. The van der Waals surface area contributed by atoms with E-state index >= 15 is 0 Å². The summed E-state index contributed by atoms with van der Waals surface area (Å²) < 4.78 is 12.2. The maximum absolute atomic E-state index is 6.21. The van der Waals surface area contributed by atoms with Gasteiger partial charge in [0.15, 0.2) is 0 Å². The molecule has 4 rings (SSSR count). The number of benzene rings is 3. The van der Waals surface area contributed by atoms with E-state index in [0.29, 0.717) is 6.10 Å². The quantitative estimate of drug-likeness (QED) is 0.500. The molecule has 0 aromatic heterocycles. The van der Waals surface area contributed by atoms with E-state index in [0.717, 1.165) is 29.1 Å². The maximum Gasteiger partial charge on any atom is 0.128 e. The molecule has 1 fully saturated rings. The first-order chi connectivity index (χ1) is 12.8. The molecule has 134 valence electrons. The molecule has 0 atom stereocenters. The van der Waals surface area contributed by atoms with Gasteiger partial charge in [-0.1, -0.05) is 37.6 Å². The monoisotopic (exact) mass is 346 g/mol. The second-order valence-corrected chi connectivity index (χ2v) is 7.15.